The van der Waals surface area contributed by atoms with Crippen LogP contribution in [0.4, 0.5) is 5.82 Å². The fourth-order valence-electron chi connectivity index (χ4n) is 4.62. The third-order valence-electron chi connectivity index (χ3n) is 6.40. The Morgan fingerprint density at radius 3 is 2.77 bits per heavy atom. The monoisotopic (exact) mass is 426 g/mol. The van der Waals surface area contributed by atoms with Gasteiger partial charge in [0.05, 0.1) is 24.0 Å². The molecule has 1 saturated carbocycles. The van der Waals surface area contributed by atoms with Crippen molar-refractivity contribution in [2.45, 2.75) is 50.5 Å². The lowest BCUT2D eigenvalue weighted by atomic mass is 9.72. The van der Waals surface area contributed by atoms with E-state index in [-0.39, 0.29) is 17.2 Å². The smallest absolute Gasteiger partial charge is 0.534 e. The van der Waals surface area contributed by atoms with Gasteiger partial charge in [0, 0.05) is 19.5 Å². The number of amides is 1. The molecule has 164 valence electrons. The van der Waals surface area contributed by atoms with E-state index in [0.717, 1.165) is 31.5 Å². The molecular weight excluding hydrogens is 399 g/mol. The molecule has 31 heavy (non-hydrogen) atoms. The predicted octanol–water partition coefficient (Wildman–Crippen LogP) is 1.63. The largest absolute Gasteiger partial charge is 0.547 e. The van der Waals surface area contributed by atoms with Crippen molar-refractivity contribution in [2.24, 2.45) is 5.92 Å². The number of H-pyrrole nitrogens is 1. The number of nitrogens with one attached hydrogen (secondary N) is 2. The number of imidazole rings is 1. The van der Waals surface area contributed by atoms with Gasteiger partial charge in [-0.05, 0) is 49.7 Å². The van der Waals surface area contributed by atoms with Crippen LogP contribution in [0.2, 0.25) is 0 Å². The molecule has 10 heteroatoms. The zero-order valence-electron chi connectivity index (χ0n) is 17.5. The highest BCUT2D eigenvalue weighted by molar-refractivity contribution is 6.47. The summed E-state index contributed by atoms with van der Waals surface area (Å²) in [5.41, 5.74) is 0.677. The van der Waals surface area contributed by atoms with Gasteiger partial charge in [0.1, 0.15) is 11.6 Å². The van der Waals surface area contributed by atoms with Gasteiger partial charge >= 0.3 is 13.1 Å². The highest BCUT2D eigenvalue weighted by Crippen LogP contribution is 2.32. The van der Waals surface area contributed by atoms with Crippen LogP contribution in [0.3, 0.4) is 0 Å². The van der Waals surface area contributed by atoms with E-state index in [9.17, 15) is 19.7 Å². The number of aromatic carboxylic acids is 1. The Kier molecular flexibility index (Phi) is 6.17. The number of aromatic nitrogens is 2. The molecule has 4 N–H and O–H groups in total. The molecule has 0 radical (unpaired) electrons. The number of nitrogens with zero attached hydrogens (tertiary/aromatic N) is 2. The minimum Gasteiger partial charge on any atom is -0.534 e. The molecule has 2 heterocycles. The molecule has 0 spiro atoms. The highest BCUT2D eigenvalue weighted by atomic mass is 16.5. The topological polar surface area (TPSA) is 128 Å². The molecule has 1 aromatic heterocycles. The Bertz CT molecular complexity index is 930. The molecule has 0 bridgehead atoms. The lowest BCUT2D eigenvalue weighted by Crippen LogP contribution is -2.53. The molecule has 1 atom stereocenters. The van der Waals surface area contributed by atoms with Crippen molar-refractivity contribution in [1.82, 2.24) is 15.3 Å². The fourth-order valence-corrected chi connectivity index (χ4v) is 4.62. The maximum Gasteiger partial charge on any atom is 0.547 e. The van der Waals surface area contributed by atoms with E-state index in [1.165, 1.54) is 6.07 Å². The number of hydrogen-bond acceptors (Lipinski definition) is 6. The molecule has 9 nitrogen and oxygen atoms in total. The third kappa shape index (κ3) is 4.69. The van der Waals surface area contributed by atoms with Crippen molar-refractivity contribution >= 4 is 24.8 Å². The molecule has 4 rings (SSSR count). The van der Waals surface area contributed by atoms with Crippen molar-refractivity contribution in [2.75, 3.05) is 11.9 Å². The van der Waals surface area contributed by atoms with E-state index < -0.39 is 19.0 Å². The first kappa shape index (κ1) is 21.2. The van der Waals surface area contributed by atoms with Gasteiger partial charge < -0.3 is 30.0 Å². The summed E-state index contributed by atoms with van der Waals surface area (Å²) >= 11 is 0. The van der Waals surface area contributed by atoms with Crippen LogP contribution in [0.1, 0.15) is 48.0 Å². The molecule has 2 aliphatic rings. The summed E-state index contributed by atoms with van der Waals surface area (Å²) in [4.78, 5) is 33.4. The number of carboxylic acids is 1. The quantitative estimate of drug-likeness (QED) is 0.517. The van der Waals surface area contributed by atoms with Crippen molar-refractivity contribution in [1.29, 1.82) is 0 Å². The van der Waals surface area contributed by atoms with Crippen LogP contribution in [0, 0.1) is 5.92 Å². The zero-order valence-corrected chi connectivity index (χ0v) is 17.5. The summed E-state index contributed by atoms with van der Waals surface area (Å²) in [7, 11) is 0.777. The van der Waals surface area contributed by atoms with E-state index in [2.05, 4.69) is 27.2 Å². The van der Waals surface area contributed by atoms with Crippen LogP contribution in [0.15, 0.2) is 30.7 Å². The lowest BCUT2D eigenvalue weighted by molar-refractivity contribution is -0.122. The number of rotatable bonds is 6. The van der Waals surface area contributed by atoms with Gasteiger partial charge in [-0.15, -0.1) is 0 Å². The van der Waals surface area contributed by atoms with Gasteiger partial charge in [0.15, 0.2) is 0 Å². The third-order valence-corrected chi connectivity index (χ3v) is 6.40. The van der Waals surface area contributed by atoms with Crippen LogP contribution < -0.4 is 14.9 Å². The average Bonchev–Trinajstić information content (AvgIpc) is 3.28. The Morgan fingerprint density at radius 2 is 2.10 bits per heavy atom. The maximum atomic E-state index is 12.6. The summed E-state index contributed by atoms with van der Waals surface area (Å²) in [6, 6.07) is 5.26. The lowest BCUT2D eigenvalue weighted by Gasteiger charge is -2.35. The van der Waals surface area contributed by atoms with E-state index in [1.807, 2.05) is 6.20 Å². The molecule has 0 unspecified atom stereocenters. The van der Waals surface area contributed by atoms with E-state index >= 15 is 0 Å². The molecule has 1 fully saturated rings. The number of carbonyl (C=O) groups excluding carboxylic acids is 1. The van der Waals surface area contributed by atoms with E-state index in [0.29, 0.717) is 30.4 Å². The molecule has 1 aliphatic heterocycles. The molecule has 2 aromatic rings. The standard InChI is InChI=1S/C21H27BN4O5/c1-26(18-11-23-12-24-18)15-7-5-13(6-8-15)9-19(27)25-17-10-14-3-2-4-16(21(28)29)20(14)31-22(17)30/h2-4,11-13,15,17,30H,5-10H2,1H3,(H,23,24)(H,25,27)(H,28,29)/t13?,15?,17-/m0/s1. The summed E-state index contributed by atoms with van der Waals surface area (Å²) in [5.74, 6) is -0.353. The Balaban J connectivity index is 1.29. The summed E-state index contributed by atoms with van der Waals surface area (Å²) in [6.07, 6.45) is 8.16. The van der Waals surface area contributed by atoms with Gasteiger partial charge in [-0.3, -0.25) is 4.79 Å². The van der Waals surface area contributed by atoms with Crippen molar-refractivity contribution in [3.05, 3.63) is 41.9 Å². The van der Waals surface area contributed by atoms with Crippen molar-refractivity contribution in [3.8, 4) is 5.75 Å². The SMILES string of the molecule is CN(c1cnc[nH]1)C1CCC(CC(=O)N[C@H]2Cc3cccc(C(=O)O)c3OB2O)CC1. The van der Waals surface area contributed by atoms with Crippen LogP contribution in [-0.4, -0.2) is 58.1 Å². The van der Waals surface area contributed by atoms with Crippen LogP contribution in [-0.2, 0) is 11.2 Å². The van der Waals surface area contributed by atoms with Gasteiger partial charge in [0.2, 0.25) is 5.91 Å². The minimum atomic E-state index is -1.28. The van der Waals surface area contributed by atoms with Crippen LogP contribution >= 0.6 is 0 Å². The maximum absolute atomic E-state index is 12.6. The van der Waals surface area contributed by atoms with Gasteiger partial charge in [-0.25, -0.2) is 9.78 Å². The summed E-state index contributed by atoms with van der Waals surface area (Å²) in [5, 5.41) is 22.5. The van der Waals surface area contributed by atoms with Crippen LogP contribution in [0.5, 0.6) is 5.75 Å². The average molecular weight is 426 g/mol. The van der Waals surface area contributed by atoms with Crippen molar-refractivity contribution in [3.63, 3.8) is 0 Å². The normalized spacial score (nSPS) is 22.9. The number of aromatic amines is 1. The second-order valence-electron chi connectivity index (χ2n) is 8.41. The summed E-state index contributed by atoms with van der Waals surface area (Å²) < 4.78 is 5.45. The number of para-hydroxylation sites is 1. The van der Waals surface area contributed by atoms with E-state index in [1.54, 1.807) is 18.5 Å². The second kappa shape index (κ2) is 9.01. The predicted molar refractivity (Wildman–Crippen MR) is 115 cm³/mol. The highest BCUT2D eigenvalue weighted by Gasteiger charge is 2.38. The zero-order chi connectivity index (χ0) is 22.0. The summed E-state index contributed by atoms with van der Waals surface area (Å²) in [6.45, 7) is 0. The Hall–Kier alpha value is -3.01. The number of carbonyl (C=O) groups is 2. The molecule has 1 amide bonds. The first-order valence-corrected chi connectivity index (χ1v) is 10.6. The van der Waals surface area contributed by atoms with Gasteiger partial charge in [-0.2, -0.15) is 0 Å². The van der Waals surface area contributed by atoms with Gasteiger partial charge in [0.25, 0.3) is 0 Å². The first-order chi connectivity index (χ1) is 14.9. The number of carboxylic acid groups (broad SMARTS) is 1. The number of hydrogen-bond donors (Lipinski definition) is 4. The van der Waals surface area contributed by atoms with Gasteiger partial charge in [-0.1, -0.05) is 12.1 Å². The first-order valence-electron chi connectivity index (χ1n) is 10.6. The fraction of sp³-hybridized carbons (Fsp3) is 0.476. The second-order valence-corrected chi connectivity index (χ2v) is 8.41. The van der Waals surface area contributed by atoms with Crippen molar-refractivity contribution < 1.29 is 24.4 Å². The number of anilines is 1. The molecule has 1 aliphatic carbocycles. The molecule has 1 aromatic carbocycles. The van der Waals surface area contributed by atoms with E-state index in [4.69, 9.17) is 4.65 Å². The number of benzene rings is 1. The Labute approximate surface area is 181 Å². The molecule has 0 saturated heterocycles. The number of fused-ring (bicyclic) bond motifs is 1. The van der Waals surface area contributed by atoms with Crippen LogP contribution in [0.25, 0.3) is 0 Å². The molecular formula is C21H27BN4O5. The minimum absolute atomic E-state index is 0.0122. The Morgan fingerprint density at radius 1 is 1.32 bits per heavy atom.